The molecule has 0 aliphatic carbocycles. The number of aromatic nitrogens is 5. The number of nitrogens with zero attached hydrogens (tertiary/aromatic N) is 6. The lowest BCUT2D eigenvalue weighted by Gasteiger charge is -2.30. The molecule has 4 heterocycles. The van der Waals surface area contributed by atoms with Gasteiger partial charge in [-0.05, 0) is 50.6 Å². The summed E-state index contributed by atoms with van der Waals surface area (Å²) >= 11 is 1.41. The Morgan fingerprint density at radius 2 is 2.10 bits per heavy atom. The number of hydrogen-bond donors (Lipinski definition) is 0. The molecule has 30 heavy (non-hydrogen) atoms. The van der Waals surface area contributed by atoms with E-state index >= 15 is 0 Å². The van der Waals surface area contributed by atoms with Crippen LogP contribution in [0, 0.1) is 12.7 Å². The fourth-order valence-corrected chi connectivity index (χ4v) is 4.55. The molecule has 0 spiro atoms. The van der Waals surface area contributed by atoms with Crippen LogP contribution in [0.15, 0.2) is 39.6 Å². The Labute approximate surface area is 175 Å². The van der Waals surface area contributed by atoms with Gasteiger partial charge in [0.05, 0.1) is 11.6 Å². The SMILES string of the molecule is Cc1nn2c(=O)cc(CN3CCCC(c4nc(-c5ccc(F)cc5)no4)C3)nc2s1. The maximum Gasteiger partial charge on any atom is 0.275 e. The zero-order chi connectivity index (χ0) is 20.7. The molecule has 1 aliphatic heterocycles. The van der Waals surface area contributed by atoms with Crippen LogP contribution in [-0.2, 0) is 6.54 Å². The van der Waals surface area contributed by atoms with E-state index in [0.29, 0.717) is 23.2 Å². The zero-order valence-electron chi connectivity index (χ0n) is 16.3. The Balaban J connectivity index is 1.32. The lowest BCUT2D eigenvalue weighted by atomic mass is 9.98. The zero-order valence-corrected chi connectivity index (χ0v) is 17.1. The molecular weight excluding hydrogens is 407 g/mol. The van der Waals surface area contributed by atoms with Gasteiger partial charge in [-0.15, -0.1) is 0 Å². The van der Waals surface area contributed by atoms with Gasteiger partial charge >= 0.3 is 0 Å². The second-order valence-electron chi connectivity index (χ2n) is 7.44. The molecule has 0 saturated carbocycles. The average molecular weight is 426 g/mol. The number of likely N-dealkylation sites (tertiary alicyclic amines) is 1. The number of fused-ring (bicyclic) bond motifs is 1. The van der Waals surface area contributed by atoms with Gasteiger partial charge in [0.15, 0.2) is 0 Å². The third kappa shape index (κ3) is 3.75. The third-order valence-corrected chi connectivity index (χ3v) is 6.01. The van der Waals surface area contributed by atoms with Gasteiger partial charge in [-0.1, -0.05) is 16.5 Å². The molecule has 4 aromatic rings. The van der Waals surface area contributed by atoms with Gasteiger partial charge in [0, 0.05) is 24.7 Å². The quantitative estimate of drug-likeness (QED) is 0.495. The number of aryl methyl sites for hydroxylation is 1. The van der Waals surface area contributed by atoms with Crippen molar-refractivity contribution in [3.63, 3.8) is 0 Å². The summed E-state index contributed by atoms with van der Waals surface area (Å²) in [5.41, 5.74) is 1.30. The summed E-state index contributed by atoms with van der Waals surface area (Å²) in [7, 11) is 0. The first-order chi connectivity index (χ1) is 14.5. The normalized spacial score (nSPS) is 17.6. The number of hydrogen-bond acceptors (Lipinski definition) is 8. The minimum absolute atomic E-state index is 0.107. The third-order valence-electron chi connectivity index (χ3n) is 5.18. The molecule has 8 nitrogen and oxygen atoms in total. The van der Waals surface area contributed by atoms with Crippen molar-refractivity contribution in [2.45, 2.75) is 32.2 Å². The number of benzene rings is 1. The maximum atomic E-state index is 13.1. The van der Waals surface area contributed by atoms with Gasteiger partial charge in [0.2, 0.25) is 16.7 Å². The Morgan fingerprint density at radius 3 is 2.93 bits per heavy atom. The average Bonchev–Trinajstić information content (AvgIpc) is 3.36. The van der Waals surface area contributed by atoms with E-state index in [1.807, 2.05) is 6.92 Å². The molecule has 0 radical (unpaired) electrons. The van der Waals surface area contributed by atoms with E-state index in [1.54, 1.807) is 18.2 Å². The fourth-order valence-electron chi connectivity index (χ4n) is 3.78. The first-order valence-corrected chi connectivity index (χ1v) is 10.5. The molecule has 0 N–H and O–H groups in total. The molecule has 10 heteroatoms. The Bertz CT molecular complexity index is 1250. The molecule has 1 atom stereocenters. The van der Waals surface area contributed by atoms with E-state index < -0.39 is 0 Å². The summed E-state index contributed by atoms with van der Waals surface area (Å²) in [6.45, 7) is 4.10. The molecule has 5 rings (SSSR count). The van der Waals surface area contributed by atoms with Gasteiger partial charge in [-0.3, -0.25) is 9.69 Å². The molecule has 1 aliphatic rings. The van der Waals surface area contributed by atoms with Crippen LogP contribution in [0.2, 0.25) is 0 Å². The van der Waals surface area contributed by atoms with Crippen LogP contribution < -0.4 is 5.56 Å². The van der Waals surface area contributed by atoms with Gasteiger partial charge in [0.1, 0.15) is 10.8 Å². The fraction of sp³-hybridized carbons (Fsp3) is 0.350. The van der Waals surface area contributed by atoms with E-state index in [-0.39, 0.29) is 17.3 Å². The predicted octanol–water partition coefficient (Wildman–Crippen LogP) is 3.03. The summed E-state index contributed by atoms with van der Waals surface area (Å²) < 4.78 is 20.0. The summed E-state index contributed by atoms with van der Waals surface area (Å²) in [6, 6.07) is 7.59. The van der Waals surface area contributed by atoms with Crippen LogP contribution in [0.4, 0.5) is 4.39 Å². The molecule has 1 unspecified atom stereocenters. The van der Waals surface area contributed by atoms with Crippen molar-refractivity contribution in [1.82, 2.24) is 29.6 Å². The molecule has 154 valence electrons. The summed E-state index contributed by atoms with van der Waals surface area (Å²) in [5, 5.41) is 9.05. The highest BCUT2D eigenvalue weighted by Crippen LogP contribution is 2.28. The first kappa shape index (κ1) is 19.0. The standard InChI is InChI=1S/C20H19FN6O2S/c1-12-24-27-17(28)9-16(22-20(27)30-12)11-26-8-2-3-14(10-26)19-23-18(25-29-19)13-4-6-15(21)7-5-13/h4-7,9,14H,2-3,8,10-11H2,1H3. The molecule has 1 saturated heterocycles. The van der Waals surface area contributed by atoms with E-state index in [9.17, 15) is 9.18 Å². The maximum absolute atomic E-state index is 13.1. The Kier molecular flexibility index (Phi) is 4.87. The van der Waals surface area contributed by atoms with E-state index in [2.05, 4.69) is 25.1 Å². The van der Waals surface area contributed by atoms with Gasteiger partial charge in [-0.25, -0.2) is 9.37 Å². The second kappa shape index (κ2) is 7.69. The lowest BCUT2D eigenvalue weighted by molar-refractivity contribution is 0.178. The minimum Gasteiger partial charge on any atom is -0.339 e. The van der Waals surface area contributed by atoms with Crippen molar-refractivity contribution < 1.29 is 8.91 Å². The smallest absolute Gasteiger partial charge is 0.275 e. The molecule has 0 amide bonds. The van der Waals surface area contributed by atoms with Crippen LogP contribution >= 0.6 is 11.3 Å². The number of halogens is 1. The molecular formula is C20H19FN6O2S. The summed E-state index contributed by atoms with van der Waals surface area (Å²) in [4.78, 5) is 24.3. The van der Waals surface area contributed by atoms with Gasteiger partial charge in [0.25, 0.3) is 5.56 Å². The number of rotatable bonds is 4. The van der Waals surface area contributed by atoms with Crippen molar-refractivity contribution in [3.05, 3.63) is 63.1 Å². The van der Waals surface area contributed by atoms with Crippen LogP contribution in [0.3, 0.4) is 0 Å². The highest BCUT2D eigenvalue weighted by atomic mass is 32.1. The van der Waals surface area contributed by atoms with E-state index in [0.717, 1.165) is 42.2 Å². The van der Waals surface area contributed by atoms with Crippen molar-refractivity contribution >= 4 is 16.3 Å². The van der Waals surface area contributed by atoms with Crippen LogP contribution in [0.1, 0.15) is 35.4 Å². The predicted molar refractivity (Wildman–Crippen MR) is 109 cm³/mol. The highest BCUT2D eigenvalue weighted by Gasteiger charge is 2.26. The topological polar surface area (TPSA) is 89.4 Å². The molecule has 0 bridgehead atoms. The summed E-state index contributed by atoms with van der Waals surface area (Å²) in [5.74, 6) is 0.852. The Morgan fingerprint density at radius 1 is 1.27 bits per heavy atom. The number of piperidine rings is 1. The van der Waals surface area contributed by atoms with Crippen LogP contribution in [-0.4, -0.2) is 42.7 Å². The first-order valence-electron chi connectivity index (χ1n) is 9.73. The van der Waals surface area contributed by atoms with Crippen molar-refractivity contribution in [2.75, 3.05) is 13.1 Å². The van der Waals surface area contributed by atoms with Crippen molar-refractivity contribution in [2.24, 2.45) is 0 Å². The summed E-state index contributed by atoms with van der Waals surface area (Å²) in [6.07, 6.45) is 1.94. The monoisotopic (exact) mass is 426 g/mol. The van der Waals surface area contributed by atoms with Crippen molar-refractivity contribution in [1.29, 1.82) is 0 Å². The lowest BCUT2D eigenvalue weighted by Crippen LogP contribution is -2.34. The minimum atomic E-state index is -0.301. The second-order valence-corrected chi connectivity index (χ2v) is 8.60. The van der Waals surface area contributed by atoms with Crippen LogP contribution in [0.5, 0.6) is 0 Å². The van der Waals surface area contributed by atoms with Gasteiger partial charge < -0.3 is 4.52 Å². The van der Waals surface area contributed by atoms with E-state index in [4.69, 9.17) is 4.52 Å². The van der Waals surface area contributed by atoms with Crippen molar-refractivity contribution in [3.8, 4) is 11.4 Å². The Hall–Kier alpha value is -2.98. The molecule has 1 aromatic carbocycles. The van der Waals surface area contributed by atoms with Gasteiger partial charge in [-0.2, -0.15) is 14.6 Å². The molecule has 3 aromatic heterocycles. The highest BCUT2D eigenvalue weighted by molar-refractivity contribution is 7.16. The largest absolute Gasteiger partial charge is 0.339 e. The van der Waals surface area contributed by atoms with E-state index in [1.165, 1.54) is 28.0 Å². The van der Waals surface area contributed by atoms with Crippen LogP contribution in [0.25, 0.3) is 16.3 Å². The molecule has 1 fully saturated rings.